The van der Waals surface area contributed by atoms with Gasteiger partial charge in [0.15, 0.2) is 16.8 Å². The van der Waals surface area contributed by atoms with Gasteiger partial charge in [-0.2, -0.15) is 0 Å². The van der Waals surface area contributed by atoms with Crippen LogP contribution in [0.1, 0.15) is 5.56 Å². The van der Waals surface area contributed by atoms with Gasteiger partial charge in [-0.1, -0.05) is 12.1 Å². The fourth-order valence-corrected chi connectivity index (χ4v) is 2.24. The second-order valence-corrected chi connectivity index (χ2v) is 4.46. The van der Waals surface area contributed by atoms with Gasteiger partial charge >= 0.3 is 0 Å². The highest BCUT2D eigenvalue weighted by molar-refractivity contribution is 6.28. The molecule has 2 heterocycles. The number of benzene rings is 1. The van der Waals surface area contributed by atoms with Crippen molar-refractivity contribution in [3.63, 3.8) is 0 Å². The van der Waals surface area contributed by atoms with E-state index in [0.29, 0.717) is 17.5 Å². The monoisotopic (exact) mass is 261 g/mol. The Morgan fingerprint density at radius 2 is 2.17 bits per heavy atom. The summed E-state index contributed by atoms with van der Waals surface area (Å²) in [7, 11) is 1.95. The van der Waals surface area contributed by atoms with Crippen molar-refractivity contribution in [3.8, 4) is 11.6 Å². The molecule has 2 N–H and O–H groups in total. The van der Waals surface area contributed by atoms with E-state index in [1.54, 1.807) is 6.07 Å². The molecule has 0 unspecified atom stereocenters. The van der Waals surface area contributed by atoms with Crippen LogP contribution < -0.4 is 5.73 Å². The Kier molecular flexibility index (Phi) is 2.61. The Labute approximate surface area is 109 Å². The first-order valence-corrected chi connectivity index (χ1v) is 5.98. The van der Waals surface area contributed by atoms with E-state index < -0.39 is 0 Å². The third-order valence-corrected chi connectivity index (χ3v) is 3.21. The number of furan rings is 1. The Morgan fingerprint density at radius 1 is 1.33 bits per heavy atom. The SMILES string of the molecule is Cn1c(-c2ccc(Cl)o2)nc2c(CN)cccc21. The minimum atomic E-state index is 0.358. The van der Waals surface area contributed by atoms with Gasteiger partial charge in [0.2, 0.25) is 0 Å². The normalized spacial score (nSPS) is 11.3. The van der Waals surface area contributed by atoms with Crippen LogP contribution in [0.25, 0.3) is 22.6 Å². The van der Waals surface area contributed by atoms with Crippen LogP contribution in [0.4, 0.5) is 0 Å². The van der Waals surface area contributed by atoms with E-state index >= 15 is 0 Å². The molecule has 3 aromatic rings. The van der Waals surface area contributed by atoms with Gasteiger partial charge in [0, 0.05) is 13.6 Å². The predicted molar refractivity (Wildman–Crippen MR) is 71.3 cm³/mol. The highest BCUT2D eigenvalue weighted by Crippen LogP contribution is 2.28. The molecule has 4 nitrogen and oxygen atoms in total. The molecule has 0 atom stereocenters. The molecule has 3 rings (SSSR count). The van der Waals surface area contributed by atoms with Crippen LogP contribution in [-0.4, -0.2) is 9.55 Å². The maximum absolute atomic E-state index is 5.80. The van der Waals surface area contributed by atoms with E-state index in [-0.39, 0.29) is 0 Å². The zero-order chi connectivity index (χ0) is 12.7. The molecule has 0 spiro atoms. The number of hydrogen-bond donors (Lipinski definition) is 1. The molecular weight excluding hydrogens is 250 g/mol. The number of nitrogens with zero attached hydrogens (tertiary/aromatic N) is 2. The molecule has 2 aromatic heterocycles. The van der Waals surface area contributed by atoms with Crippen molar-refractivity contribution in [3.05, 3.63) is 41.1 Å². The second kappa shape index (κ2) is 4.15. The van der Waals surface area contributed by atoms with E-state index in [2.05, 4.69) is 4.98 Å². The van der Waals surface area contributed by atoms with Gasteiger partial charge < -0.3 is 14.7 Å². The molecule has 0 aliphatic carbocycles. The Balaban J connectivity index is 2.28. The van der Waals surface area contributed by atoms with Crippen LogP contribution >= 0.6 is 11.6 Å². The third-order valence-electron chi connectivity index (χ3n) is 3.01. The zero-order valence-corrected chi connectivity index (χ0v) is 10.6. The summed E-state index contributed by atoms with van der Waals surface area (Å²) in [6.07, 6.45) is 0. The van der Waals surface area contributed by atoms with Crippen molar-refractivity contribution in [2.45, 2.75) is 6.54 Å². The maximum atomic E-state index is 5.80. The number of fused-ring (bicyclic) bond motifs is 1. The molecule has 0 fully saturated rings. The summed E-state index contributed by atoms with van der Waals surface area (Å²) in [6, 6.07) is 9.49. The number of aromatic nitrogens is 2. The minimum Gasteiger partial charge on any atom is -0.441 e. The van der Waals surface area contributed by atoms with E-state index in [1.807, 2.05) is 35.9 Å². The topological polar surface area (TPSA) is 57.0 Å². The summed E-state index contributed by atoms with van der Waals surface area (Å²) in [5.74, 6) is 1.40. The van der Waals surface area contributed by atoms with Gasteiger partial charge in [0.1, 0.15) is 0 Å². The average Bonchev–Trinajstić information content (AvgIpc) is 2.94. The molecule has 1 aromatic carbocycles. The zero-order valence-electron chi connectivity index (χ0n) is 9.85. The molecule has 92 valence electrons. The Morgan fingerprint density at radius 3 is 2.83 bits per heavy atom. The summed E-state index contributed by atoms with van der Waals surface area (Å²) in [5.41, 5.74) is 8.68. The van der Waals surface area contributed by atoms with Crippen molar-refractivity contribution in [2.24, 2.45) is 12.8 Å². The minimum absolute atomic E-state index is 0.358. The number of halogens is 1. The molecule has 0 amide bonds. The smallest absolute Gasteiger partial charge is 0.194 e. The number of aryl methyl sites for hydroxylation is 1. The number of imidazole rings is 1. The van der Waals surface area contributed by atoms with E-state index in [9.17, 15) is 0 Å². The maximum Gasteiger partial charge on any atom is 0.194 e. The quantitative estimate of drug-likeness (QED) is 0.772. The molecule has 0 saturated carbocycles. The lowest BCUT2D eigenvalue weighted by Gasteiger charge is -1.99. The van der Waals surface area contributed by atoms with Crippen LogP contribution in [0.3, 0.4) is 0 Å². The molecule has 0 radical (unpaired) electrons. The Bertz CT molecular complexity index is 714. The predicted octanol–water partition coefficient (Wildman–Crippen LogP) is 2.95. The molecule has 5 heteroatoms. The summed E-state index contributed by atoms with van der Waals surface area (Å²) in [4.78, 5) is 4.60. The van der Waals surface area contributed by atoms with Gasteiger partial charge in [-0.15, -0.1) is 0 Å². The fraction of sp³-hybridized carbons (Fsp3) is 0.154. The number of hydrogen-bond acceptors (Lipinski definition) is 3. The van der Waals surface area contributed by atoms with E-state index in [4.69, 9.17) is 21.8 Å². The van der Waals surface area contributed by atoms with Crippen LogP contribution in [0.15, 0.2) is 34.7 Å². The molecule has 0 aliphatic rings. The van der Waals surface area contributed by atoms with E-state index in [1.165, 1.54) is 0 Å². The molecule has 0 bridgehead atoms. The number of nitrogens with two attached hydrogens (primary N) is 1. The van der Waals surface area contributed by atoms with Crippen molar-refractivity contribution in [2.75, 3.05) is 0 Å². The molecule has 18 heavy (non-hydrogen) atoms. The lowest BCUT2D eigenvalue weighted by Crippen LogP contribution is -1.97. The molecular formula is C13H12ClN3O. The van der Waals surface area contributed by atoms with Crippen LogP contribution in [-0.2, 0) is 13.6 Å². The fourth-order valence-electron chi connectivity index (χ4n) is 2.09. The molecule has 0 saturated heterocycles. The summed E-state index contributed by atoms with van der Waals surface area (Å²) in [6.45, 7) is 0.465. The first kappa shape index (κ1) is 11.3. The van der Waals surface area contributed by atoms with E-state index in [0.717, 1.165) is 22.4 Å². The third kappa shape index (κ3) is 1.62. The standard InChI is InChI=1S/C13H12ClN3O/c1-17-9-4-2-3-8(7-15)12(9)16-13(17)10-5-6-11(14)18-10/h2-6H,7,15H2,1H3. The Hall–Kier alpha value is -1.78. The molecule has 0 aliphatic heterocycles. The largest absolute Gasteiger partial charge is 0.441 e. The van der Waals surface area contributed by atoms with Gasteiger partial charge in [-0.25, -0.2) is 4.98 Å². The van der Waals surface area contributed by atoms with Gasteiger partial charge in [-0.3, -0.25) is 0 Å². The highest BCUT2D eigenvalue weighted by atomic mass is 35.5. The summed E-state index contributed by atoms with van der Waals surface area (Å²) >= 11 is 5.80. The summed E-state index contributed by atoms with van der Waals surface area (Å²) < 4.78 is 7.38. The number of rotatable bonds is 2. The van der Waals surface area contributed by atoms with Crippen LogP contribution in [0.2, 0.25) is 5.22 Å². The lowest BCUT2D eigenvalue weighted by atomic mass is 10.2. The van der Waals surface area contributed by atoms with Gasteiger partial charge in [0.05, 0.1) is 11.0 Å². The van der Waals surface area contributed by atoms with Crippen LogP contribution in [0, 0.1) is 0 Å². The summed E-state index contributed by atoms with van der Waals surface area (Å²) in [5, 5.41) is 0.358. The van der Waals surface area contributed by atoms with Gasteiger partial charge in [-0.05, 0) is 35.4 Å². The van der Waals surface area contributed by atoms with Crippen molar-refractivity contribution in [1.82, 2.24) is 9.55 Å². The first-order chi connectivity index (χ1) is 8.70. The average molecular weight is 262 g/mol. The van der Waals surface area contributed by atoms with Crippen LogP contribution in [0.5, 0.6) is 0 Å². The highest BCUT2D eigenvalue weighted by Gasteiger charge is 2.14. The van der Waals surface area contributed by atoms with Crippen molar-refractivity contribution < 1.29 is 4.42 Å². The first-order valence-electron chi connectivity index (χ1n) is 5.61. The van der Waals surface area contributed by atoms with Crippen molar-refractivity contribution >= 4 is 22.6 Å². The van der Waals surface area contributed by atoms with Crippen molar-refractivity contribution in [1.29, 1.82) is 0 Å². The number of para-hydroxylation sites is 1. The van der Waals surface area contributed by atoms with Gasteiger partial charge in [0.25, 0.3) is 0 Å². The lowest BCUT2D eigenvalue weighted by molar-refractivity contribution is 0.576. The second-order valence-electron chi connectivity index (χ2n) is 4.09.